The minimum absolute atomic E-state index is 0.343. The minimum Gasteiger partial charge on any atom is -0.388 e. The van der Waals surface area contributed by atoms with E-state index in [2.05, 4.69) is 15.2 Å². The van der Waals surface area contributed by atoms with Crippen molar-refractivity contribution in [3.05, 3.63) is 24.0 Å². The second-order valence-electron chi connectivity index (χ2n) is 4.62. The zero-order chi connectivity index (χ0) is 12.8. The SMILES string of the molecule is NC(=S)c1cc(NCCCN2CCCC2)ccn1. The third kappa shape index (κ3) is 3.92. The molecule has 0 spiro atoms. The number of hydrogen-bond acceptors (Lipinski definition) is 4. The third-order valence-electron chi connectivity index (χ3n) is 3.19. The Kier molecular flexibility index (Phi) is 4.90. The normalized spacial score (nSPS) is 15.8. The summed E-state index contributed by atoms with van der Waals surface area (Å²) < 4.78 is 0. The number of rotatable bonds is 6. The van der Waals surface area contributed by atoms with Gasteiger partial charge in [-0.1, -0.05) is 12.2 Å². The summed E-state index contributed by atoms with van der Waals surface area (Å²) in [7, 11) is 0. The van der Waals surface area contributed by atoms with Crippen LogP contribution in [0.4, 0.5) is 5.69 Å². The van der Waals surface area contributed by atoms with Crippen LogP contribution in [0, 0.1) is 0 Å². The van der Waals surface area contributed by atoms with E-state index in [0.717, 1.165) is 18.7 Å². The maximum atomic E-state index is 5.55. The lowest BCUT2D eigenvalue weighted by Gasteiger charge is -2.14. The van der Waals surface area contributed by atoms with Crippen molar-refractivity contribution in [2.75, 3.05) is 31.5 Å². The molecule has 1 fully saturated rings. The predicted octanol–water partition coefficient (Wildman–Crippen LogP) is 1.61. The first-order valence-electron chi connectivity index (χ1n) is 6.48. The highest BCUT2D eigenvalue weighted by atomic mass is 32.1. The number of aromatic nitrogens is 1. The number of nitrogens with zero attached hydrogens (tertiary/aromatic N) is 2. The van der Waals surface area contributed by atoms with Gasteiger partial charge in [-0.3, -0.25) is 4.98 Å². The number of nitrogens with two attached hydrogens (primary N) is 1. The fourth-order valence-electron chi connectivity index (χ4n) is 2.22. The van der Waals surface area contributed by atoms with E-state index >= 15 is 0 Å². The number of hydrogen-bond donors (Lipinski definition) is 2. The topological polar surface area (TPSA) is 54.2 Å². The van der Waals surface area contributed by atoms with Gasteiger partial charge in [-0.25, -0.2) is 0 Å². The van der Waals surface area contributed by atoms with Crippen molar-refractivity contribution < 1.29 is 0 Å². The molecule has 2 heterocycles. The smallest absolute Gasteiger partial charge is 0.122 e. The van der Waals surface area contributed by atoms with Crippen molar-refractivity contribution in [2.24, 2.45) is 5.73 Å². The largest absolute Gasteiger partial charge is 0.388 e. The first-order chi connectivity index (χ1) is 8.75. The van der Waals surface area contributed by atoms with E-state index in [9.17, 15) is 0 Å². The molecular formula is C13H20N4S. The fraction of sp³-hybridized carbons (Fsp3) is 0.538. The molecule has 0 radical (unpaired) electrons. The summed E-state index contributed by atoms with van der Waals surface area (Å²) in [6, 6.07) is 3.84. The van der Waals surface area contributed by atoms with Gasteiger partial charge in [0, 0.05) is 18.4 Å². The molecule has 2 rings (SSSR count). The molecule has 0 amide bonds. The Morgan fingerprint density at radius 3 is 2.94 bits per heavy atom. The Morgan fingerprint density at radius 1 is 1.44 bits per heavy atom. The van der Waals surface area contributed by atoms with Crippen molar-refractivity contribution in [3.63, 3.8) is 0 Å². The maximum Gasteiger partial charge on any atom is 0.122 e. The molecule has 1 aromatic heterocycles. The molecule has 1 saturated heterocycles. The lowest BCUT2D eigenvalue weighted by Crippen LogP contribution is -2.22. The zero-order valence-electron chi connectivity index (χ0n) is 10.6. The third-order valence-corrected chi connectivity index (χ3v) is 3.40. The minimum atomic E-state index is 0.343. The maximum absolute atomic E-state index is 5.55. The molecular weight excluding hydrogens is 244 g/mol. The Labute approximate surface area is 114 Å². The average Bonchev–Trinajstić information content (AvgIpc) is 2.88. The zero-order valence-corrected chi connectivity index (χ0v) is 11.4. The van der Waals surface area contributed by atoms with Crippen molar-refractivity contribution in [1.82, 2.24) is 9.88 Å². The van der Waals surface area contributed by atoms with Crippen LogP contribution >= 0.6 is 12.2 Å². The molecule has 1 aromatic rings. The van der Waals surface area contributed by atoms with Gasteiger partial charge in [0.1, 0.15) is 4.99 Å². The van der Waals surface area contributed by atoms with E-state index < -0.39 is 0 Å². The number of nitrogens with one attached hydrogen (secondary N) is 1. The molecule has 0 bridgehead atoms. The molecule has 4 nitrogen and oxygen atoms in total. The summed E-state index contributed by atoms with van der Waals surface area (Å²) >= 11 is 4.91. The van der Waals surface area contributed by atoms with Gasteiger partial charge in [-0.2, -0.15) is 0 Å². The van der Waals surface area contributed by atoms with Crippen LogP contribution < -0.4 is 11.1 Å². The van der Waals surface area contributed by atoms with Gasteiger partial charge in [0.2, 0.25) is 0 Å². The lowest BCUT2D eigenvalue weighted by atomic mass is 10.3. The lowest BCUT2D eigenvalue weighted by molar-refractivity contribution is 0.337. The van der Waals surface area contributed by atoms with Crippen LogP contribution in [0.5, 0.6) is 0 Å². The number of likely N-dealkylation sites (tertiary alicyclic amines) is 1. The Bertz CT molecular complexity index is 402. The summed E-state index contributed by atoms with van der Waals surface area (Å²) in [5, 5.41) is 3.38. The molecule has 1 aliphatic rings. The molecule has 1 aliphatic heterocycles. The Hall–Kier alpha value is -1.20. The van der Waals surface area contributed by atoms with E-state index in [4.69, 9.17) is 18.0 Å². The van der Waals surface area contributed by atoms with E-state index in [-0.39, 0.29) is 0 Å². The summed E-state index contributed by atoms with van der Waals surface area (Å²) in [5.41, 5.74) is 7.27. The first-order valence-corrected chi connectivity index (χ1v) is 6.88. The number of anilines is 1. The van der Waals surface area contributed by atoms with Gasteiger partial charge in [0.15, 0.2) is 0 Å². The fourth-order valence-corrected chi connectivity index (χ4v) is 2.33. The van der Waals surface area contributed by atoms with Crippen LogP contribution in [-0.4, -0.2) is 41.1 Å². The van der Waals surface area contributed by atoms with Gasteiger partial charge in [0.25, 0.3) is 0 Å². The van der Waals surface area contributed by atoms with Gasteiger partial charge < -0.3 is 16.0 Å². The summed E-state index contributed by atoms with van der Waals surface area (Å²) in [6.45, 7) is 4.68. The predicted molar refractivity (Wildman–Crippen MR) is 78.9 cm³/mol. The van der Waals surface area contributed by atoms with Crippen molar-refractivity contribution in [3.8, 4) is 0 Å². The molecule has 5 heteroatoms. The van der Waals surface area contributed by atoms with Crippen LogP contribution in [0.1, 0.15) is 25.0 Å². The Balaban J connectivity index is 1.72. The van der Waals surface area contributed by atoms with E-state index in [0.29, 0.717) is 10.7 Å². The van der Waals surface area contributed by atoms with E-state index in [1.165, 1.54) is 32.5 Å². The Morgan fingerprint density at radius 2 is 2.22 bits per heavy atom. The highest BCUT2D eigenvalue weighted by Crippen LogP contribution is 2.09. The standard InChI is InChI=1S/C13H20N4S/c14-13(18)12-10-11(4-6-16-12)15-5-3-9-17-7-1-2-8-17/h4,6,10H,1-3,5,7-9H2,(H2,14,18)(H,15,16). The molecule has 18 heavy (non-hydrogen) atoms. The molecule has 0 aromatic carbocycles. The second kappa shape index (κ2) is 6.66. The molecule has 0 unspecified atom stereocenters. The molecule has 0 saturated carbocycles. The molecule has 0 atom stereocenters. The number of pyridine rings is 1. The summed E-state index contributed by atoms with van der Waals surface area (Å²) in [5.74, 6) is 0. The van der Waals surface area contributed by atoms with Crippen molar-refractivity contribution >= 4 is 22.9 Å². The van der Waals surface area contributed by atoms with Crippen molar-refractivity contribution in [2.45, 2.75) is 19.3 Å². The first kappa shape index (κ1) is 13.2. The van der Waals surface area contributed by atoms with Crippen molar-refractivity contribution in [1.29, 1.82) is 0 Å². The molecule has 3 N–H and O–H groups in total. The highest BCUT2D eigenvalue weighted by Gasteiger charge is 2.09. The monoisotopic (exact) mass is 264 g/mol. The highest BCUT2D eigenvalue weighted by molar-refractivity contribution is 7.80. The van der Waals surface area contributed by atoms with Crippen LogP contribution in [0.3, 0.4) is 0 Å². The van der Waals surface area contributed by atoms with Crippen LogP contribution in [0.15, 0.2) is 18.3 Å². The van der Waals surface area contributed by atoms with Gasteiger partial charge in [-0.05, 0) is 51.0 Å². The van der Waals surface area contributed by atoms with Crippen LogP contribution in [0.25, 0.3) is 0 Å². The van der Waals surface area contributed by atoms with Crippen LogP contribution in [-0.2, 0) is 0 Å². The van der Waals surface area contributed by atoms with Crippen LogP contribution in [0.2, 0.25) is 0 Å². The molecule has 0 aliphatic carbocycles. The quantitative estimate of drug-likeness (QED) is 0.604. The second-order valence-corrected chi connectivity index (χ2v) is 5.06. The van der Waals surface area contributed by atoms with Gasteiger partial charge in [0.05, 0.1) is 5.69 Å². The van der Waals surface area contributed by atoms with E-state index in [1.54, 1.807) is 6.20 Å². The number of thiocarbonyl (C=S) groups is 1. The van der Waals surface area contributed by atoms with E-state index in [1.807, 2.05) is 12.1 Å². The molecule has 98 valence electrons. The summed E-state index contributed by atoms with van der Waals surface area (Å²) in [6.07, 6.45) is 5.60. The van der Waals surface area contributed by atoms with Gasteiger partial charge in [-0.15, -0.1) is 0 Å². The van der Waals surface area contributed by atoms with Gasteiger partial charge >= 0.3 is 0 Å². The average molecular weight is 264 g/mol. The summed E-state index contributed by atoms with van der Waals surface area (Å²) in [4.78, 5) is 6.98.